The number of carbonyl (C=O) groups excluding carboxylic acids is 1. The molecule has 0 atom stereocenters. The van der Waals surface area contributed by atoms with Crippen LogP contribution in [-0.2, 0) is 14.8 Å². The standard InChI is InChI=1S/C21H20FN3O5S/c1-13-10-14(22)2-4-18(13)24-21(27)17-12-20(26)23-19-5-3-15(11-16(17)19)31(28,29)25-6-8-30-9-7-25/h2-5,10-12H,6-9H2,1H3,(H,23,26)(H,24,27). The van der Waals surface area contributed by atoms with E-state index in [-0.39, 0.29) is 28.9 Å². The van der Waals surface area contributed by atoms with Crippen molar-refractivity contribution in [3.8, 4) is 0 Å². The van der Waals surface area contributed by atoms with Crippen LogP contribution >= 0.6 is 0 Å². The molecule has 3 aromatic rings. The molecule has 1 saturated heterocycles. The van der Waals surface area contributed by atoms with Crippen LogP contribution in [0.1, 0.15) is 15.9 Å². The Morgan fingerprint density at radius 3 is 2.58 bits per heavy atom. The molecule has 2 N–H and O–H groups in total. The van der Waals surface area contributed by atoms with E-state index in [4.69, 9.17) is 4.74 Å². The molecule has 10 heteroatoms. The fraction of sp³-hybridized carbons (Fsp3) is 0.238. The Kier molecular flexibility index (Phi) is 5.61. The topological polar surface area (TPSA) is 109 Å². The van der Waals surface area contributed by atoms with Gasteiger partial charge in [0.2, 0.25) is 15.6 Å². The number of nitrogens with one attached hydrogen (secondary N) is 2. The average molecular weight is 445 g/mol. The van der Waals surface area contributed by atoms with Crippen LogP contribution in [0.2, 0.25) is 0 Å². The number of halogens is 1. The third kappa shape index (κ3) is 4.22. The molecule has 162 valence electrons. The van der Waals surface area contributed by atoms with Gasteiger partial charge in [0.25, 0.3) is 5.91 Å². The molecule has 4 rings (SSSR count). The van der Waals surface area contributed by atoms with Crippen LogP contribution in [0.4, 0.5) is 10.1 Å². The minimum Gasteiger partial charge on any atom is -0.379 e. The number of hydrogen-bond acceptors (Lipinski definition) is 5. The smallest absolute Gasteiger partial charge is 0.256 e. The van der Waals surface area contributed by atoms with Gasteiger partial charge in [-0.25, -0.2) is 12.8 Å². The molecule has 0 aliphatic carbocycles. The van der Waals surface area contributed by atoms with Crippen LogP contribution in [0.3, 0.4) is 0 Å². The van der Waals surface area contributed by atoms with Gasteiger partial charge in [0, 0.05) is 35.7 Å². The van der Waals surface area contributed by atoms with Crippen molar-refractivity contribution < 1.29 is 22.3 Å². The van der Waals surface area contributed by atoms with Gasteiger partial charge in [0.1, 0.15) is 5.82 Å². The lowest BCUT2D eigenvalue weighted by Gasteiger charge is -2.26. The fourth-order valence-electron chi connectivity index (χ4n) is 3.47. The quantitative estimate of drug-likeness (QED) is 0.640. The third-order valence-corrected chi connectivity index (χ3v) is 7.00. The first-order valence-corrected chi connectivity index (χ1v) is 11.0. The number of anilines is 1. The van der Waals surface area contributed by atoms with Gasteiger partial charge in [0.15, 0.2) is 0 Å². The lowest BCUT2D eigenvalue weighted by Crippen LogP contribution is -2.40. The monoisotopic (exact) mass is 445 g/mol. The molecule has 0 bridgehead atoms. The highest BCUT2D eigenvalue weighted by atomic mass is 32.2. The summed E-state index contributed by atoms with van der Waals surface area (Å²) in [6, 6.07) is 9.26. The number of amides is 1. The zero-order valence-electron chi connectivity index (χ0n) is 16.6. The number of rotatable bonds is 4. The maximum absolute atomic E-state index is 13.4. The van der Waals surface area contributed by atoms with Crippen molar-refractivity contribution in [3.05, 3.63) is 69.8 Å². The van der Waals surface area contributed by atoms with Crippen LogP contribution in [0.5, 0.6) is 0 Å². The molecule has 1 fully saturated rings. The molecule has 0 saturated carbocycles. The van der Waals surface area contributed by atoms with Crippen molar-refractivity contribution in [1.82, 2.24) is 9.29 Å². The molecule has 1 amide bonds. The number of nitrogens with zero attached hydrogens (tertiary/aromatic N) is 1. The van der Waals surface area contributed by atoms with Crippen LogP contribution < -0.4 is 10.9 Å². The first-order chi connectivity index (χ1) is 14.8. The number of pyridine rings is 1. The summed E-state index contributed by atoms with van der Waals surface area (Å²) in [6.07, 6.45) is 0. The number of sulfonamides is 1. The highest BCUT2D eigenvalue weighted by Crippen LogP contribution is 2.25. The lowest BCUT2D eigenvalue weighted by molar-refractivity contribution is 0.0730. The molecule has 0 spiro atoms. The number of ether oxygens (including phenoxy) is 1. The number of H-pyrrole nitrogens is 1. The highest BCUT2D eigenvalue weighted by Gasteiger charge is 2.27. The average Bonchev–Trinajstić information content (AvgIpc) is 2.75. The number of aromatic amines is 1. The largest absolute Gasteiger partial charge is 0.379 e. The SMILES string of the molecule is Cc1cc(F)ccc1NC(=O)c1cc(=O)[nH]c2ccc(S(=O)(=O)N3CCOCC3)cc12. The molecule has 0 radical (unpaired) electrons. The first-order valence-electron chi connectivity index (χ1n) is 9.58. The van der Waals surface area contributed by atoms with E-state index in [2.05, 4.69) is 10.3 Å². The van der Waals surface area contributed by atoms with E-state index < -0.39 is 27.3 Å². The van der Waals surface area contributed by atoms with Crippen molar-refractivity contribution in [3.63, 3.8) is 0 Å². The predicted molar refractivity (Wildman–Crippen MR) is 113 cm³/mol. The lowest BCUT2D eigenvalue weighted by atomic mass is 10.1. The highest BCUT2D eigenvalue weighted by molar-refractivity contribution is 7.89. The van der Waals surface area contributed by atoms with Gasteiger partial charge in [-0.1, -0.05) is 0 Å². The number of benzene rings is 2. The zero-order chi connectivity index (χ0) is 22.2. The van der Waals surface area contributed by atoms with Gasteiger partial charge in [-0.3, -0.25) is 9.59 Å². The van der Waals surface area contributed by atoms with E-state index in [0.717, 1.165) is 6.07 Å². The summed E-state index contributed by atoms with van der Waals surface area (Å²) in [6.45, 7) is 2.74. The van der Waals surface area contributed by atoms with Gasteiger partial charge in [-0.2, -0.15) is 4.31 Å². The Balaban J connectivity index is 1.77. The molecular weight excluding hydrogens is 425 g/mol. The predicted octanol–water partition coefficient (Wildman–Crippen LogP) is 2.25. The van der Waals surface area contributed by atoms with Crippen LogP contribution in [0.25, 0.3) is 10.9 Å². The Hall–Kier alpha value is -3.08. The summed E-state index contributed by atoms with van der Waals surface area (Å²) in [4.78, 5) is 27.6. The summed E-state index contributed by atoms with van der Waals surface area (Å²) in [5, 5.41) is 2.94. The first kappa shape index (κ1) is 21.2. The number of morpholine rings is 1. The van der Waals surface area contributed by atoms with Crippen molar-refractivity contribution in [1.29, 1.82) is 0 Å². The molecule has 31 heavy (non-hydrogen) atoms. The Morgan fingerprint density at radius 1 is 1.13 bits per heavy atom. The van der Waals surface area contributed by atoms with E-state index >= 15 is 0 Å². The molecule has 2 heterocycles. The van der Waals surface area contributed by atoms with Gasteiger partial charge in [-0.05, 0) is 48.9 Å². The zero-order valence-corrected chi connectivity index (χ0v) is 17.5. The number of carbonyl (C=O) groups is 1. The number of fused-ring (bicyclic) bond motifs is 1. The number of aryl methyl sites for hydroxylation is 1. The number of hydrogen-bond donors (Lipinski definition) is 2. The molecular formula is C21H20FN3O5S. The third-order valence-electron chi connectivity index (χ3n) is 5.10. The minimum absolute atomic E-state index is 0.0148. The Labute approximate surface area is 177 Å². The summed E-state index contributed by atoms with van der Waals surface area (Å²) >= 11 is 0. The summed E-state index contributed by atoms with van der Waals surface area (Å²) in [5.74, 6) is -1.04. The molecule has 2 aromatic carbocycles. The second-order valence-corrected chi connectivity index (χ2v) is 9.12. The second-order valence-electron chi connectivity index (χ2n) is 7.18. The van der Waals surface area contributed by atoms with Gasteiger partial charge >= 0.3 is 0 Å². The van der Waals surface area contributed by atoms with Crippen LogP contribution in [0, 0.1) is 12.7 Å². The maximum atomic E-state index is 13.4. The van der Waals surface area contributed by atoms with E-state index in [1.54, 1.807) is 6.92 Å². The van der Waals surface area contributed by atoms with Crippen LogP contribution in [0.15, 0.2) is 52.2 Å². The second kappa shape index (κ2) is 8.22. The Bertz CT molecular complexity index is 1330. The number of aromatic nitrogens is 1. The summed E-state index contributed by atoms with van der Waals surface area (Å²) in [7, 11) is -3.79. The Morgan fingerprint density at radius 2 is 1.87 bits per heavy atom. The van der Waals surface area contributed by atoms with Gasteiger partial charge < -0.3 is 15.0 Å². The van der Waals surface area contributed by atoms with Crippen molar-refractivity contribution >= 4 is 32.5 Å². The molecule has 1 aliphatic heterocycles. The van der Waals surface area contributed by atoms with E-state index in [0.29, 0.717) is 30.0 Å². The summed E-state index contributed by atoms with van der Waals surface area (Å²) in [5.41, 5.74) is 0.739. The normalized spacial score (nSPS) is 15.2. The van der Waals surface area contributed by atoms with Gasteiger partial charge in [0.05, 0.1) is 23.7 Å². The fourth-order valence-corrected chi connectivity index (χ4v) is 4.91. The van der Waals surface area contributed by atoms with Crippen molar-refractivity contribution in [2.24, 2.45) is 0 Å². The van der Waals surface area contributed by atoms with Gasteiger partial charge in [-0.15, -0.1) is 0 Å². The summed E-state index contributed by atoms with van der Waals surface area (Å²) < 4.78 is 45.9. The molecule has 8 nitrogen and oxygen atoms in total. The van der Waals surface area contributed by atoms with E-state index in [9.17, 15) is 22.4 Å². The molecule has 1 aromatic heterocycles. The molecule has 0 unspecified atom stereocenters. The van der Waals surface area contributed by atoms with Crippen molar-refractivity contribution in [2.45, 2.75) is 11.8 Å². The minimum atomic E-state index is -3.79. The van der Waals surface area contributed by atoms with E-state index in [1.165, 1.54) is 40.7 Å². The maximum Gasteiger partial charge on any atom is 0.256 e. The van der Waals surface area contributed by atoms with Crippen LogP contribution in [-0.4, -0.2) is 49.9 Å². The van der Waals surface area contributed by atoms with E-state index in [1.807, 2.05) is 0 Å². The van der Waals surface area contributed by atoms with Crippen molar-refractivity contribution in [2.75, 3.05) is 31.6 Å². The molecule has 1 aliphatic rings.